The van der Waals surface area contributed by atoms with Gasteiger partial charge in [0.2, 0.25) is 0 Å². The summed E-state index contributed by atoms with van der Waals surface area (Å²) in [6.45, 7) is 4.24. The largest absolute Gasteiger partial charge is 0.441 e. The van der Waals surface area contributed by atoms with Crippen molar-refractivity contribution in [2.45, 2.75) is 32.7 Å². The molecule has 0 aliphatic heterocycles. The second kappa shape index (κ2) is 6.00. The number of hydrogen-bond acceptors (Lipinski definition) is 3. The molecule has 0 amide bonds. The average molecular weight is 280 g/mol. The van der Waals surface area contributed by atoms with Crippen molar-refractivity contribution in [3.63, 3.8) is 0 Å². The molecule has 0 spiro atoms. The fourth-order valence-corrected chi connectivity index (χ4v) is 2.52. The van der Waals surface area contributed by atoms with E-state index in [1.54, 1.807) is 0 Å². The summed E-state index contributed by atoms with van der Waals surface area (Å²) in [4.78, 5) is 4.49. The first-order valence-electron chi connectivity index (χ1n) is 7.51. The van der Waals surface area contributed by atoms with Crippen molar-refractivity contribution >= 4 is 16.8 Å². The van der Waals surface area contributed by atoms with Crippen LogP contribution in [0, 0.1) is 0 Å². The Kier molecular flexibility index (Phi) is 3.91. The van der Waals surface area contributed by atoms with Crippen LogP contribution in [0.2, 0.25) is 0 Å². The van der Waals surface area contributed by atoms with Crippen LogP contribution in [0.1, 0.15) is 37.8 Å². The zero-order valence-corrected chi connectivity index (χ0v) is 12.5. The molecule has 1 aromatic heterocycles. The number of hydrogen-bond donors (Lipinski definition) is 1. The molecule has 3 heteroatoms. The normalized spacial score (nSPS) is 12.5. The molecule has 2 aromatic carbocycles. The first-order chi connectivity index (χ1) is 10.3. The molecule has 1 heterocycles. The van der Waals surface area contributed by atoms with Crippen molar-refractivity contribution in [3.8, 4) is 0 Å². The maximum Gasteiger partial charge on any atom is 0.195 e. The predicted molar refractivity (Wildman–Crippen MR) is 86.5 cm³/mol. The Balaban J connectivity index is 1.86. The Morgan fingerprint density at radius 3 is 2.62 bits per heavy atom. The highest BCUT2D eigenvalue weighted by molar-refractivity contribution is 5.77. The average Bonchev–Trinajstić information content (AvgIpc) is 2.95. The van der Waals surface area contributed by atoms with Crippen molar-refractivity contribution in [1.82, 2.24) is 4.98 Å². The summed E-state index contributed by atoms with van der Waals surface area (Å²) < 4.78 is 5.65. The van der Waals surface area contributed by atoms with Gasteiger partial charge in [0.1, 0.15) is 5.52 Å². The molecular formula is C18H20N2O. The van der Waals surface area contributed by atoms with Gasteiger partial charge in [-0.05, 0) is 30.2 Å². The third kappa shape index (κ3) is 2.92. The number of aromatic nitrogens is 1. The number of anilines is 1. The lowest BCUT2D eigenvalue weighted by Gasteiger charge is -2.18. The van der Waals surface area contributed by atoms with Gasteiger partial charge in [-0.2, -0.15) is 0 Å². The highest BCUT2D eigenvalue weighted by atomic mass is 16.3. The van der Waals surface area contributed by atoms with Gasteiger partial charge in [0.15, 0.2) is 11.5 Å². The van der Waals surface area contributed by atoms with Crippen LogP contribution in [-0.2, 0) is 6.42 Å². The Hall–Kier alpha value is -2.29. The number of nitrogens with one attached hydrogen (secondary N) is 1. The maximum absolute atomic E-state index is 5.65. The van der Waals surface area contributed by atoms with Crippen molar-refractivity contribution in [2.24, 2.45) is 0 Å². The molecule has 21 heavy (non-hydrogen) atoms. The summed E-state index contributed by atoms with van der Waals surface area (Å²) in [6, 6.07) is 16.9. The van der Waals surface area contributed by atoms with Gasteiger partial charge in [-0.15, -0.1) is 0 Å². The summed E-state index contributed by atoms with van der Waals surface area (Å²) in [6.07, 6.45) is 1.85. The van der Waals surface area contributed by atoms with Gasteiger partial charge in [0, 0.05) is 12.1 Å². The van der Waals surface area contributed by atoms with Gasteiger partial charge in [0.25, 0.3) is 0 Å². The molecule has 1 N–H and O–H groups in total. The van der Waals surface area contributed by atoms with Crippen LogP contribution in [0.15, 0.2) is 52.9 Å². The highest BCUT2D eigenvalue weighted by Crippen LogP contribution is 2.25. The summed E-state index contributed by atoms with van der Waals surface area (Å²) in [5.74, 6) is 0.789. The zero-order valence-electron chi connectivity index (χ0n) is 12.5. The minimum Gasteiger partial charge on any atom is -0.441 e. The van der Waals surface area contributed by atoms with E-state index in [4.69, 9.17) is 4.42 Å². The molecule has 0 aliphatic carbocycles. The van der Waals surface area contributed by atoms with Crippen LogP contribution in [0.4, 0.5) is 5.69 Å². The lowest BCUT2D eigenvalue weighted by Crippen LogP contribution is -2.09. The van der Waals surface area contributed by atoms with Gasteiger partial charge in [-0.3, -0.25) is 0 Å². The van der Waals surface area contributed by atoms with Crippen LogP contribution in [0.25, 0.3) is 11.1 Å². The molecule has 3 rings (SSSR count). The number of oxazole rings is 1. The van der Waals surface area contributed by atoms with Crippen LogP contribution in [0.3, 0.4) is 0 Å². The Morgan fingerprint density at radius 2 is 1.90 bits per heavy atom. The molecule has 3 aromatic rings. The van der Waals surface area contributed by atoms with E-state index in [1.807, 2.05) is 19.1 Å². The summed E-state index contributed by atoms with van der Waals surface area (Å²) >= 11 is 0. The van der Waals surface area contributed by atoms with Crippen LogP contribution in [-0.4, -0.2) is 4.98 Å². The molecular weight excluding hydrogens is 260 g/mol. The van der Waals surface area contributed by atoms with Crippen LogP contribution in [0.5, 0.6) is 0 Å². The summed E-state index contributed by atoms with van der Waals surface area (Å²) in [7, 11) is 0. The van der Waals surface area contributed by atoms with Gasteiger partial charge in [-0.25, -0.2) is 4.98 Å². The number of nitrogens with zero attached hydrogens (tertiary/aromatic N) is 1. The molecule has 0 bridgehead atoms. The number of fused-ring (bicyclic) bond motifs is 1. The molecule has 1 unspecified atom stereocenters. The van der Waals surface area contributed by atoms with Crippen molar-refractivity contribution in [3.05, 3.63) is 60.0 Å². The molecule has 0 saturated carbocycles. The minimum atomic E-state index is 0.307. The number of benzene rings is 2. The standard InChI is InChI=1S/C18H20N2O/c1-3-15(13-8-6-5-7-9-13)19-14-10-11-17-16(12-14)20-18(4-2)21-17/h5-12,15,19H,3-4H2,1-2H3. The van der Waals surface area contributed by atoms with E-state index in [0.29, 0.717) is 6.04 Å². The minimum absolute atomic E-state index is 0.307. The molecule has 0 radical (unpaired) electrons. The molecule has 0 aliphatic rings. The fraction of sp³-hybridized carbons (Fsp3) is 0.278. The van der Waals surface area contributed by atoms with E-state index in [-0.39, 0.29) is 0 Å². The first-order valence-corrected chi connectivity index (χ1v) is 7.51. The van der Waals surface area contributed by atoms with Gasteiger partial charge >= 0.3 is 0 Å². The molecule has 1 atom stereocenters. The van der Waals surface area contributed by atoms with E-state index >= 15 is 0 Å². The lowest BCUT2D eigenvalue weighted by molar-refractivity contribution is 0.538. The third-order valence-electron chi connectivity index (χ3n) is 3.69. The van der Waals surface area contributed by atoms with Crippen molar-refractivity contribution in [2.75, 3.05) is 5.32 Å². The maximum atomic E-state index is 5.65. The Labute approximate surface area is 125 Å². The van der Waals surface area contributed by atoms with E-state index in [1.165, 1.54) is 5.56 Å². The van der Waals surface area contributed by atoms with E-state index in [9.17, 15) is 0 Å². The smallest absolute Gasteiger partial charge is 0.195 e. The Morgan fingerprint density at radius 1 is 1.10 bits per heavy atom. The lowest BCUT2D eigenvalue weighted by atomic mass is 10.0. The fourth-order valence-electron chi connectivity index (χ4n) is 2.52. The second-order valence-corrected chi connectivity index (χ2v) is 5.16. The van der Waals surface area contributed by atoms with Gasteiger partial charge < -0.3 is 9.73 Å². The van der Waals surface area contributed by atoms with E-state index in [0.717, 1.165) is 35.5 Å². The topological polar surface area (TPSA) is 38.1 Å². The highest BCUT2D eigenvalue weighted by Gasteiger charge is 2.10. The monoisotopic (exact) mass is 280 g/mol. The van der Waals surface area contributed by atoms with E-state index < -0.39 is 0 Å². The predicted octanol–water partition coefficient (Wildman–Crippen LogP) is 4.95. The van der Waals surface area contributed by atoms with Crippen LogP contribution < -0.4 is 5.32 Å². The number of rotatable bonds is 5. The van der Waals surface area contributed by atoms with Gasteiger partial charge in [0.05, 0.1) is 6.04 Å². The van der Waals surface area contributed by atoms with Crippen LogP contribution >= 0.6 is 0 Å². The number of aryl methyl sites for hydroxylation is 1. The molecule has 0 saturated heterocycles. The zero-order chi connectivity index (χ0) is 14.7. The van der Waals surface area contributed by atoms with E-state index in [2.05, 4.69) is 53.6 Å². The molecule has 0 fully saturated rings. The second-order valence-electron chi connectivity index (χ2n) is 5.16. The SMILES string of the molecule is CCc1nc2cc(NC(CC)c3ccccc3)ccc2o1. The molecule has 108 valence electrons. The van der Waals surface area contributed by atoms with Crippen molar-refractivity contribution in [1.29, 1.82) is 0 Å². The first kappa shape index (κ1) is 13.7. The van der Waals surface area contributed by atoms with Gasteiger partial charge in [-0.1, -0.05) is 44.2 Å². The van der Waals surface area contributed by atoms with Crippen molar-refractivity contribution < 1.29 is 4.42 Å². The quantitative estimate of drug-likeness (QED) is 0.718. The summed E-state index contributed by atoms with van der Waals surface area (Å²) in [5.41, 5.74) is 4.15. The third-order valence-corrected chi connectivity index (χ3v) is 3.69. The molecule has 3 nitrogen and oxygen atoms in total. The Bertz CT molecular complexity index is 718. The summed E-state index contributed by atoms with van der Waals surface area (Å²) in [5, 5.41) is 3.58.